The molecule has 1 aromatic heterocycles. The second-order valence-corrected chi connectivity index (χ2v) is 17.3. The van der Waals surface area contributed by atoms with Gasteiger partial charge < -0.3 is 24.4 Å². The molecule has 16 nitrogen and oxygen atoms in total. The molecule has 4 fully saturated rings. The van der Waals surface area contributed by atoms with E-state index in [4.69, 9.17) is 14.2 Å². The van der Waals surface area contributed by atoms with Crippen molar-refractivity contribution in [3.63, 3.8) is 0 Å². The highest BCUT2D eigenvalue weighted by atomic mass is 16.5. The summed E-state index contributed by atoms with van der Waals surface area (Å²) in [6, 6.07) is 12.1. The van der Waals surface area contributed by atoms with Crippen molar-refractivity contribution in [3.05, 3.63) is 71.2 Å². The summed E-state index contributed by atoms with van der Waals surface area (Å²) >= 11 is 0. The Balaban J connectivity index is 0.757. The summed E-state index contributed by atoms with van der Waals surface area (Å²) in [5, 5.41) is 14.7. The number of nitrogens with one attached hydrogen (secondary N) is 2. The Morgan fingerprint density at radius 2 is 1.61 bits per heavy atom. The zero-order chi connectivity index (χ0) is 43.5. The van der Waals surface area contributed by atoms with E-state index in [0.29, 0.717) is 53.1 Å². The maximum absolute atomic E-state index is 13.3. The van der Waals surface area contributed by atoms with Crippen LogP contribution in [-0.2, 0) is 9.59 Å². The molecule has 1 atom stereocenters. The molecule has 16 heteroatoms. The molecule has 5 amide bonds. The highest BCUT2D eigenvalue weighted by molar-refractivity contribution is 6.23. The molecule has 0 bridgehead atoms. The molecule has 326 valence electrons. The van der Waals surface area contributed by atoms with Crippen molar-refractivity contribution in [1.82, 2.24) is 30.4 Å². The van der Waals surface area contributed by atoms with E-state index < -0.39 is 29.7 Å². The van der Waals surface area contributed by atoms with Gasteiger partial charge in [-0.05, 0) is 102 Å². The predicted molar refractivity (Wildman–Crippen MR) is 226 cm³/mol. The molecule has 4 heterocycles. The maximum atomic E-state index is 13.3. The normalized spacial score (nSPS) is 24.0. The summed E-state index contributed by atoms with van der Waals surface area (Å²) in [6.45, 7) is 9.49. The number of aromatic nitrogens is 2. The monoisotopic (exact) mass is 846 g/mol. The molecule has 0 spiro atoms. The Hall–Kier alpha value is -6.08. The number of rotatable bonds is 14. The molecule has 1 unspecified atom stereocenters. The van der Waals surface area contributed by atoms with E-state index in [-0.39, 0.29) is 48.1 Å². The predicted octanol–water partition coefficient (Wildman–Crippen LogP) is 4.80. The van der Waals surface area contributed by atoms with Gasteiger partial charge in [-0.1, -0.05) is 0 Å². The number of hydrogen-bond donors (Lipinski definition) is 2. The zero-order valence-corrected chi connectivity index (χ0v) is 35.5. The van der Waals surface area contributed by atoms with Gasteiger partial charge in [0.2, 0.25) is 11.8 Å². The zero-order valence-electron chi connectivity index (χ0n) is 35.5. The quantitative estimate of drug-likeness (QED) is 0.210. The highest BCUT2D eigenvalue weighted by Crippen LogP contribution is 2.36. The van der Waals surface area contributed by atoms with Gasteiger partial charge >= 0.3 is 0 Å². The smallest absolute Gasteiger partial charge is 0.271 e. The minimum absolute atomic E-state index is 0.0183. The number of amides is 5. The third kappa shape index (κ3) is 9.23. The van der Waals surface area contributed by atoms with Crippen LogP contribution < -0.4 is 29.7 Å². The molecule has 2 saturated heterocycles. The molecule has 2 saturated carbocycles. The molecule has 2 N–H and O–H groups in total. The Kier molecular flexibility index (Phi) is 12.7. The van der Waals surface area contributed by atoms with E-state index >= 15 is 0 Å². The van der Waals surface area contributed by atoms with Crippen LogP contribution in [-0.4, -0.2) is 112 Å². The van der Waals surface area contributed by atoms with E-state index in [2.05, 4.69) is 50.3 Å². The number of piperidine rings is 2. The Labute approximate surface area is 361 Å². The fourth-order valence-corrected chi connectivity index (χ4v) is 9.37. The Bertz CT molecular complexity index is 2220. The molecule has 5 aliphatic rings. The molecule has 8 rings (SSSR count). The van der Waals surface area contributed by atoms with Gasteiger partial charge in [0.1, 0.15) is 47.0 Å². The number of ether oxygens (including phenoxy) is 3. The lowest BCUT2D eigenvalue weighted by Crippen LogP contribution is -2.54. The van der Waals surface area contributed by atoms with Crippen LogP contribution in [0, 0.1) is 17.2 Å². The lowest BCUT2D eigenvalue weighted by atomic mass is 9.85. The number of nitriles is 1. The van der Waals surface area contributed by atoms with Crippen LogP contribution in [0.15, 0.2) is 48.8 Å². The van der Waals surface area contributed by atoms with Crippen molar-refractivity contribution in [2.75, 3.05) is 31.1 Å². The number of hydrogen-bond acceptors (Lipinski definition) is 13. The molecule has 3 aliphatic heterocycles. The molecule has 3 aromatic rings. The van der Waals surface area contributed by atoms with Crippen LogP contribution in [0.4, 0.5) is 5.82 Å². The van der Waals surface area contributed by atoms with Gasteiger partial charge in [0.25, 0.3) is 17.7 Å². The first kappa shape index (κ1) is 42.6. The van der Waals surface area contributed by atoms with Crippen LogP contribution in [0.5, 0.6) is 17.2 Å². The van der Waals surface area contributed by atoms with Gasteiger partial charge in [-0.25, -0.2) is 9.97 Å². The van der Waals surface area contributed by atoms with Gasteiger partial charge in [0, 0.05) is 63.1 Å². The van der Waals surface area contributed by atoms with Gasteiger partial charge in [0.15, 0.2) is 0 Å². The SMILES string of the molecule is CCOc1cc(OC2CCC(NC(=O)c3cnc(N4CCC(CN(C(C)C)C5CC(Oc6ccc7c(c6)C(=O)N(C6CCC(=O)NC6=O)C7=O)C5)CC4)cn3)CC2)ccc1C#N. The van der Waals surface area contributed by atoms with Crippen molar-refractivity contribution < 1.29 is 38.2 Å². The second kappa shape index (κ2) is 18.5. The van der Waals surface area contributed by atoms with E-state index in [1.165, 1.54) is 0 Å². The lowest BCUT2D eigenvalue weighted by molar-refractivity contribution is -0.136. The first-order valence-corrected chi connectivity index (χ1v) is 22.0. The van der Waals surface area contributed by atoms with E-state index in [1.807, 2.05) is 6.92 Å². The van der Waals surface area contributed by atoms with Crippen LogP contribution in [0.1, 0.15) is 122 Å². The topological polar surface area (TPSA) is 196 Å². The first-order chi connectivity index (χ1) is 30.0. The summed E-state index contributed by atoms with van der Waals surface area (Å²) in [6.07, 6.45) is 10.3. The average Bonchev–Trinajstić information content (AvgIpc) is 3.50. The standard InChI is InChI=1S/C46H54N8O8/c1-4-60-40-22-34(8-5-29(40)23-47)61-32-9-6-30(7-10-32)50-43(56)38-24-49-41(25-48-38)52-17-15-28(16-18-52)26-53(27(2)3)31-19-35(20-31)62-33-11-12-36-37(21-33)46(59)54(45(36)58)39-13-14-42(55)51-44(39)57/h5,8,11-12,21-22,24-25,27-28,30-32,35,39H,4,6-7,9-10,13-20,26H2,1-3H3,(H,50,56)(H,51,55,57). The van der Waals surface area contributed by atoms with Crippen molar-refractivity contribution in [1.29, 1.82) is 5.26 Å². The van der Waals surface area contributed by atoms with Gasteiger partial charge in [0.05, 0.1) is 41.8 Å². The molecule has 2 aromatic carbocycles. The average molecular weight is 847 g/mol. The van der Waals surface area contributed by atoms with Crippen LogP contribution in [0.25, 0.3) is 0 Å². The summed E-state index contributed by atoms with van der Waals surface area (Å²) in [5.41, 5.74) is 1.23. The Morgan fingerprint density at radius 3 is 2.29 bits per heavy atom. The number of carbonyl (C=O) groups excluding carboxylic acids is 5. The second-order valence-electron chi connectivity index (χ2n) is 17.3. The first-order valence-electron chi connectivity index (χ1n) is 22.0. The van der Waals surface area contributed by atoms with Crippen molar-refractivity contribution in [3.8, 4) is 23.3 Å². The summed E-state index contributed by atoms with van der Waals surface area (Å²) < 4.78 is 18.1. The van der Waals surface area contributed by atoms with Crippen molar-refractivity contribution in [2.45, 2.75) is 121 Å². The van der Waals surface area contributed by atoms with Crippen molar-refractivity contribution >= 4 is 35.4 Å². The molecular formula is C46H54N8O8. The maximum Gasteiger partial charge on any atom is 0.271 e. The fraction of sp³-hybridized carbons (Fsp3) is 0.522. The van der Waals surface area contributed by atoms with Crippen LogP contribution >= 0.6 is 0 Å². The molecule has 62 heavy (non-hydrogen) atoms. The fourth-order valence-electron chi connectivity index (χ4n) is 9.37. The van der Waals surface area contributed by atoms with Crippen LogP contribution in [0.2, 0.25) is 0 Å². The number of benzene rings is 2. The lowest BCUT2D eigenvalue weighted by Gasteiger charge is -2.46. The molecule has 0 radical (unpaired) electrons. The van der Waals surface area contributed by atoms with Gasteiger partial charge in [-0.3, -0.25) is 39.1 Å². The number of anilines is 1. The van der Waals surface area contributed by atoms with E-state index in [9.17, 15) is 29.2 Å². The summed E-state index contributed by atoms with van der Waals surface area (Å²) in [7, 11) is 0. The van der Waals surface area contributed by atoms with Gasteiger partial charge in [-0.2, -0.15) is 5.26 Å². The third-order valence-electron chi connectivity index (χ3n) is 12.9. The third-order valence-corrected chi connectivity index (χ3v) is 12.9. The van der Waals surface area contributed by atoms with Crippen LogP contribution in [0.3, 0.4) is 0 Å². The summed E-state index contributed by atoms with van der Waals surface area (Å²) in [5.74, 6) is 0.666. The number of nitrogens with zero attached hydrogens (tertiary/aromatic N) is 6. The largest absolute Gasteiger partial charge is 0.492 e. The molecular weight excluding hydrogens is 793 g/mol. The number of carbonyl (C=O) groups is 5. The summed E-state index contributed by atoms with van der Waals surface area (Å²) in [4.78, 5) is 78.4. The van der Waals surface area contributed by atoms with E-state index in [1.54, 1.807) is 48.8 Å². The highest BCUT2D eigenvalue weighted by Gasteiger charge is 2.45. The minimum atomic E-state index is -1.00. The van der Waals surface area contributed by atoms with Gasteiger partial charge in [-0.15, -0.1) is 0 Å². The minimum Gasteiger partial charge on any atom is -0.492 e. The van der Waals surface area contributed by atoms with Crippen molar-refractivity contribution in [2.24, 2.45) is 5.92 Å². The van der Waals surface area contributed by atoms with E-state index in [0.717, 1.165) is 81.7 Å². The molecule has 2 aliphatic carbocycles. The number of imide groups is 2. The number of fused-ring (bicyclic) bond motifs is 1. The Morgan fingerprint density at radius 1 is 0.903 bits per heavy atom.